The van der Waals surface area contributed by atoms with Crippen molar-refractivity contribution in [3.63, 3.8) is 0 Å². The molecule has 142 valence electrons. The number of piperidine rings is 1. The van der Waals surface area contributed by atoms with Crippen molar-refractivity contribution >= 4 is 17.6 Å². The van der Waals surface area contributed by atoms with E-state index >= 15 is 0 Å². The third kappa shape index (κ3) is 3.39. The van der Waals surface area contributed by atoms with Crippen molar-refractivity contribution in [1.29, 1.82) is 5.26 Å². The van der Waals surface area contributed by atoms with Crippen LogP contribution in [0.3, 0.4) is 0 Å². The van der Waals surface area contributed by atoms with E-state index in [4.69, 9.17) is 4.74 Å². The second-order valence-electron chi connectivity index (χ2n) is 7.68. The van der Waals surface area contributed by atoms with Crippen molar-refractivity contribution in [2.75, 3.05) is 18.4 Å². The predicted molar refractivity (Wildman–Crippen MR) is 95.1 cm³/mol. The minimum atomic E-state index is -0.853. The Morgan fingerprint density at radius 3 is 2.85 bits per heavy atom. The van der Waals surface area contributed by atoms with E-state index in [1.807, 2.05) is 0 Å². The molecule has 3 heterocycles. The normalized spacial score (nSPS) is 29.0. The van der Waals surface area contributed by atoms with Gasteiger partial charge in [-0.1, -0.05) is 12.8 Å². The highest BCUT2D eigenvalue weighted by molar-refractivity contribution is 5.93. The minimum Gasteiger partial charge on any atom is -0.363 e. The summed E-state index contributed by atoms with van der Waals surface area (Å²) >= 11 is 0. The second-order valence-corrected chi connectivity index (χ2v) is 7.68. The summed E-state index contributed by atoms with van der Waals surface area (Å²) in [7, 11) is 0. The molecule has 3 fully saturated rings. The Labute approximate surface area is 157 Å². The first kappa shape index (κ1) is 17.9. The van der Waals surface area contributed by atoms with E-state index in [9.17, 15) is 14.9 Å². The highest BCUT2D eigenvalue weighted by Crippen LogP contribution is 2.41. The number of hydrogen-bond donors (Lipinski definition) is 1. The average Bonchev–Trinajstić information content (AvgIpc) is 3.35. The monoisotopic (exact) mass is 369 g/mol. The summed E-state index contributed by atoms with van der Waals surface area (Å²) in [5.41, 5.74) is -0.853. The van der Waals surface area contributed by atoms with Gasteiger partial charge in [-0.05, 0) is 31.6 Å². The molecule has 4 rings (SSSR count). The summed E-state index contributed by atoms with van der Waals surface area (Å²) in [6.07, 6.45) is 8.45. The van der Waals surface area contributed by atoms with Gasteiger partial charge in [0.05, 0.1) is 18.4 Å². The topological polar surface area (TPSA) is 108 Å². The van der Waals surface area contributed by atoms with Crippen LogP contribution in [0.25, 0.3) is 0 Å². The van der Waals surface area contributed by atoms with Crippen LogP contribution in [0.15, 0.2) is 18.6 Å². The Morgan fingerprint density at radius 2 is 2.15 bits per heavy atom. The smallest absolute Gasteiger partial charge is 0.254 e. The van der Waals surface area contributed by atoms with Gasteiger partial charge in [-0.15, -0.1) is 0 Å². The van der Waals surface area contributed by atoms with E-state index in [0.29, 0.717) is 38.2 Å². The number of rotatable bonds is 3. The lowest BCUT2D eigenvalue weighted by atomic mass is 9.84. The molecule has 2 aliphatic heterocycles. The number of nitriles is 1. The molecule has 2 amide bonds. The van der Waals surface area contributed by atoms with Gasteiger partial charge in [0.15, 0.2) is 5.82 Å². The zero-order chi connectivity index (χ0) is 18.9. The predicted octanol–water partition coefficient (Wildman–Crippen LogP) is 1.51. The van der Waals surface area contributed by atoms with E-state index in [-0.39, 0.29) is 23.8 Å². The van der Waals surface area contributed by atoms with Gasteiger partial charge in [-0.3, -0.25) is 14.6 Å². The number of likely N-dealkylation sites (tertiary alicyclic amines) is 1. The second kappa shape index (κ2) is 7.24. The van der Waals surface area contributed by atoms with Crippen LogP contribution in [-0.4, -0.2) is 52.0 Å². The summed E-state index contributed by atoms with van der Waals surface area (Å²) < 4.78 is 5.97. The maximum absolute atomic E-state index is 13.0. The van der Waals surface area contributed by atoms with Crippen LogP contribution in [0, 0.1) is 22.7 Å². The Balaban J connectivity index is 1.37. The fourth-order valence-electron chi connectivity index (χ4n) is 4.51. The molecule has 8 nitrogen and oxygen atoms in total. The van der Waals surface area contributed by atoms with Crippen molar-refractivity contribution in [2.24, 2.45) is 11.3 Å². The Morgan fingerprint density at radius 1 is 1.33 bits per heavy atom. The van der Waals surface area contributed by atoms with Crippen LogP contribution >= 0.6 is 0 Å². The van der Waals surface area contributed by atoms with E-state index in [2.05, 4.69) is 21.4 Å². The van der Waals surface area contributed by atoms with Gasteiger partial charge in [0.25, 0.3) is 5.91 Å². The van der Waals surface area contributed by atoms with Crippen molar-refractivity contribution < 1.29 is 14.3 Å². The molecule has 0 aromatic carbocycles. The maximum Gasteiger partial charge on any atom is 0.254 e. The largest absolute Gasteiger partial charge is 0.363 e. The van der Waals surface area contributed by atoms with E-state index in [1.54, 1.807) is 11.1 Å². The third-order valence-electron chi connectivity index (χ3n) is 6.03. The van der Waals surface area contributed by atoms with Crippen molar-refractivity contribution in [1.82, 2.24) is 14.9 Å². The van der Waals surface area contributed by atoms with Crippen LogP contribution in [0.2, 0.25) is 0 Å². The molecule has 8 heteroatoms. The lowest BCUT2D eigenvalue weighted by Crippen LogP contribution is -2.50. The zero-order valence-corrected chi connectivity index (χ0v) is 15.1. The fraction of sp³-hybridized carbons (Fsp3) is 0.632. The zero-order valence-electron chi connectivity index (χ0n) is 15.1. The first-order chi connectivity index (χ1) is 13.1. The van der Waals surface area contributed by atoms with Crippen LogP contribution in [0.4, 0.5) is 5.82 Å². The fourth-order valence-corrected chi connectivity index (χ4v) is 4.51. The molecule has 0 bridgehead atoms. The number of ether oxygens (including phenoxy) is 1. The summed E-state index contributed by atoms with van der Waals surface area (Å²) in [4.78, 5) is 35.2. The molecule has 0 unspecified atom stereocenters. The highest BCUT2D eigenvalue weighted by Gasteiger charge is 2.48. The number of anilines is 1. The number of nitrogens with zero attached hydrogens (tertiary/aromatic N) is 4. The number of nitrogens with one attached hydrogen (secondary N) is 1. The SMILES string of the molecule is N#CC1(C(=O)N2CC[C@H]3C[C@@H](C(=O)Nc4cnccn4)O[C@@H]3C2)CCCC1. The number of aromatic nitrogens is 2. The average molecular weight is 369 g/mol. The van der Waals surface area contributed by atoms with Gasteiger partial charge < -0.3 is 15.0 Å². The van der Waals surface area contributed by atoms with Crippen LogP contribution in [0.5, 0.6) is 0 Å². The van der Waals surface area contributed by atoms with E-state index in [0.717, 1.165) is 19.3 Å². The lowest BCUT2D eigenvalue weighted by Gasteiger charge is -2.37. The molecule has 3 atom stereocenters. The number of amides is 2. The van der Waals surface area contributed by atoms with Gasteiger partial charge in [0.1, 0.15) is 11.5 Å². The number of carbonyl (C=O) groups excluding carboxylic acids is 2. The number of carbonyl (C=O) groups is 2. The molecule has 3 aliphatic rings. The van der Waals surface area contributed by atoms with Gasteiger partial charge >= 0.3 is 0 Å². The lowest BCUT2D eigenvalue weighted by molar-refractivity contribution is -0.143. The van der Waals surface area contributed by atoms with Crippen molar-refractivity contribution in [2.45, 2.75) is 50.7 Å². The molecular weight excluding hydrogens is 346 g/mol. The first-order valence-corrected chi connectivity index (χ1v) is 9.54. The first-order valence-electron chi connectivity index (χ1n) is 9.54. The molecule has 1 saturated carbocycles. The molecule has 0 spiro atoms. The molecule has 0 radical (unpaired) electrons. The van der Waals surface area contributed by atoms with Gasteiger partial charge in [0.2, 0.25) is 5.91 Å². The summed E-state index contributed by atoms with van der Waals surface area (Å²) in [5, 5.41) is 12.3. The van der Waals surface area contributed by atoms with Crippen molar-refractivity contribution in [3.05, 3.63) is 18.6 Å². The Bertz CT molecular complexity index is 756. The molecule has 2 saturated heterocycles. The van der Waals surface area contributed by atoms with Crippen molar-refractivity contribution in [3.8, 4) is 6.07 Å². The van der Waals surface area contributed by atoms with Crippen LogP contribution < -0.4 is 5.32 Å². The maximum atomic E-state index is 13.0. The number of fused-ring (bicyclic) bond motifs is 1. The molecule has 1 aliphatic carbocycles. The molecular formula is C19H23N5O3. The van der Waals surface area contributed by atoms with Gasteiger partial charge in [-0.2, -0.15) is 5.26 Å². The quantitative estimate of drug-likeness (QED) is 0.865. The van der Waals surface area contributed by atoms with Gasteiger partial charge in [0, 0.05) is 25.5 Å². The summed E-state index contributed by atoms with van der Waals surface area (Å²) in [6.45, 7) is 1.09. The molecule has 1 aromatic rings. The Hall–Kier alpha value is -2.53. The minimum absolute atomic E-state index is 0.0583. The molecule has 1 N–H and O–H groups in total. The van der Waals surface area contributed by atoms with Crippen LogP contribution in [0.1, 0.15) is 38.5 Å². The third-order valence-corrected chi connectivity index (χ3v) is 6.03. The summed E-state index contributed by atoms with van der Waals surface area (Å²) in [6, 6.07) is 2.28. The van der Waals surface area contributed by atoms with E-state index in [1.165, 1.54) is 12.4 Å². The van der Waals surface area contributed by atoms with Crippen LogP contribution in [-0.2, 0) is 14.3 Å². The molecule has 1 aromatic heterocycles. The van der Waals surface area contributed by atoms with Gasteiger partial charge in [-0.25, -0.2) is 4.98 Å². The molecule has 27 heavy (non-hydrogen) atoms. The number of hydrogen-bond acceptors (Lipinski definition) is 6. The summed E-state index contributed by atoms with van der Waals surface area (Å²) in [5.74, 6) is 0.368. The Kier molecular flexibility index (Phi) is 4.79. The van der Waals surface area contributed by atoms with E-state index < -0.39 is 11.5 Å². The standard InChI is InChI=1S/C19H23N5O3/c20-12-19(4-1-2-5-19)18(26)24-8-3-13-9-14(27-15(13)11-24)17(25)23-16-10-21-6-7-22-16/h6-7,10,13-15H,1-5,8-9,11H2,(H,22,23,25)/t13-,14-,15+/m0/s1. The highest BCUT2D eigenvalue weighted by atomic mass is 16.5.